The summed E-state index contributed by atoms with van der Waals surface area (Å²) in [4.78, 5) is 27.2. The number of carboxylic acid groups (broad SMARTS) is 1. The van der Waals surface area contributed by atoms with Crippen LogP contribution in [0, 0.1) is 5.82 Å². The van der Waals surface area contributed by atoms with Gasteiger partial charge in [0.1, 0.15) is 11.4 Å². The molecule has 1 aliphatic rings. The summed E-state index contributed by atoms with van der Waals surface area (Å²) in [5, 5.41) is 11.0. The van der Waals surface area contributed by atoms with Crippen LogP contribution in [-0.4, -0.2) is 33.8 Å². The Morgan fingerprint density at radius 1 is 1.35 bits per heavy atom. The number of aromatic nitrogens is 2. The Labute approximate surface area is 113 Å². The van der Waals surface area contributed by atoms with Gasteiger partial charge in [0, 0.05) is 19.3 Å². The molecule has 0 saturated carbocycles. The molecule has 104 valence electrons. The zero-order valence-electron chi connectivity index (χ0n) is 10.5. The highest BCUT2D eigenvalue weighted by Gasteiger charge is 2.20. The van der Waals surface area contributed by atoms with Gasteiger partial charge in [-0.25, -0.2) is 18.8 Å². The fourth-order valence-electron chi connectivity index (χ4n) is 2.45. The lowest BCUT2D eigenvalue weighted by Gasteiger charge is -2.23. The predicted octanol–water partition coefficient (Wildman–Crippen LogP) is 0.966. The van der Waals surface area contributed by atoms with E-state index in [0.29, 0.717) is 0 Å². The summed E-state index contributed by atoms with van der Waals surface area (Å²) >= 11 is 0. The van der Waals surface area contributed by atoms with Gasteiger partial charge in [0.2, 0.25) is 5.43 Å². The van der Waals surface area contributed by atoms with Crippen LogP contribution in [0.3, 0.4) is 0 Å². The normalized spacial score (nSPS) is 14.9. The maximum atomic E-state index is 13.3. The standard InChI is InChI=1S/C13H12FN3O3/c14-8-5-9-11(18)10(13(19)20)7-17(12(9)15-6-8)16-3-1-2-4-16/h5-7H,1-4H2,(H,19,20). The SMILES string of the molecule is O=C(O)c1cn(N2CCCC2)c2ncc(F)cc2c1=O. The third-order valence-electron chi connectivity index (χ3n) is 3.41. The van der Waals surface area contributed by atoms with Gasteiger partial charge in [0.05, 0.1) is 11.6 Å². The van der Waals surface area contributed by atoms with Crippen molar-refractivity contribution >= 4 is 17.0 Å². The molecule has 0 atom stereocenters. The topological polar surface area (TPSA) is 75.4 Å². The van der Waals surface area contributed by atoms with Crippen molar-refractivity contribution in [1.82, 2.24) is 9.66 Å². The quantitative estimate of drug-likeness (QED) is 0.885. The number of aromatic carboxylic acids is 1. The van der Waals surface area contributed by atoms with E-state index in [4.69, 9.17) is 5.11 Å². The number of rotatable bonds is 2. The van der Waals surface area contributed by atoms with E-state index in [-0.39, 0.29) is 16.6 Å². The molecule has 1 fully saturated rings. The van der Waals surface area contributed by atoms with E-state index in [1.807, 2.05) is 5.01 Å². The molecule has 0 aromatic carbocycles. The van der Waals surface area contributed by atoms with E-state index in [1.54, 1.807) is 4.68 Å². The van der Waals surface area contributed by atoms with Crippen LogP contribution in [0.15, 0.2) is 23.3 Å². The van der Waals surface area contributed by atoms with E-state index >= 15 is 0 Å². The number of nitrogens with zero attached hydrogens (tertiary/aromatic N) is 3. The summed E-state index contributed by atoms with van der Waals surface area (Å²) in [6.07, 6.45) is 4.26. The molecule has 3 rings (SSSR count). The van der Waals surface area contributed by atoms with Crippen LogP contribution >= 0.6 is 0 Å². The van der Waals surface area contributed by atoms with E-state index < -0.39 is 17.2 Å². The lowest BCUT2D eigenvalue weighted by Crippen LogP contribution is -2.34. The van der Waals surface area contributed by atoms with Crippen molar-refractivity contribution < 1.29 is 14.3 Å². The summed E-state index contributed by atoms with van der Waals surface area (Å²) in [6, 6.07) is 1.03. The second-order valence-electron chi connectivity index (χ2n) is 4.71. The first kappa shape index (κ1) is 12.6. The van der Waals surface area contributed by atoms with Crippen molar-refractivity contribution in [2.45, 2.75) is 12.8 Å². The molecule has 1 N–H and O–H groups in total. The molecule has 0 spiro atoms. The Kier molecular flexibility index (Phi) is 2.89. The monoisotopic (exact) mass is 277 g/mol. The zero-order valence-corrected chi connectivity index (χ0v) is 10.5. The highest BCUT2D eigenvalue weighted by Crippen LogP contribution is 2.15. The van der Waals surface area contributed by atoms with Gasteiger partial charge in [0.25, 0.3) is 0 Å². The molecule has 6 nitrogen and oxygen atoms in total. The number of carboxylic acids is 1. The third-order valence-corrected chi connectivity index (χ3v) is 3.41. The van der Waals surface area contributed by atoms with Crippen molar-refractivity contribution in [2.75, 3.05) is 18.1 Å². The molecule has 3 heterocycles. The third kappa shape index (κ3) is 1.91. The number of hydrogen-bond acceptors (Lipinski definition) is 4. The fraction of sp³-hybridized carbons (Fsp3) is 0.308. The largest absolute Gasteiger partial charge is 0.477 e. The first-order valence-electron chi connectivity index (χ1n) is 6.27. The van der Waals surface area contributed by atoms with E-state index in [1.165, 1.54) is 6.20 Å². The number of halogens is 1. The van der Waals surface area contributed by atoms with Crippen LogP contribution in [0.2, 0.25) is 0 Å². The van der Waals surface area contributed by atoms with Crippen molar-refractivity contribution in [3.05, 3.63) is 40.1 Å². The summed E-state index contributed by atoms with van der Waals surface area (Å²) in [5.41, 5.74) is -0.810. The minimum Gasteiger partial charge on any atom is -0.477 e. The van der Waals surface area contributed by atoms with Crippen molar-refractivity contribution in [3.63, 3.8) is 0 Å². The van der Waals surface area contributed by atoms with Crippen molar-refractivity contribution in [1.29, 1.82) is 0 Å². The number of carbonyl (C=O) groups is 1. The first-order valence-corrected chi connectivity index (χ1v) is 6.27. The summed E-state index contributed by atoms with van der Waals surface area (Å²) < 4.78 is 14.8. The Morgan fingerprint density at radius 3 is 2.70 bits per heavy atom. The van der Waals surface area contributed by atoms with E-state index in [2.05, 4.69) is 4.98 Å². The van der Waals surface area contributed by atoms with Gasteiger partial charge in [0.15, 0.2) is 5.65 Å². The zero-order chi connectivity index (χ0) is 14.3. The molecule has 0 bridgehead atoms. The highest BCUT2D eigenvalue weighted by atomic mass is 19.1. The molecule has 0 radical (unpaired) electrons. The molecular formula is C13H12FN3O3. The van der Waals surface area contributed by atoms with Crippen LogP contribution in [0.5, 0.6) is 0 Å². The van der Waals surface area contributed by atoms with E-state index in [9.17, 15) is 14.0 Å². The smallest absolute Gasteiger partial charge is 0.341 e. The Balaban J connectivity index is 2.35. The molecule has 1 aliphatic heterocycles. The van der Waals surface area contributed by atoms with Crippen LogP contribution in [0.25, 0.3) is 11.0 Å². The Bertz CT molecular complexity index is 750. The predicted molar refractivity (Wildman–Crippen MR) is 70.1 cm³/mol. The lowest BCUT2D eigenvalue weighted by atomic mass is 10.2. The minimum atomic E-state index is -1.32. The molecule has 0 aliphatic carbocycles. The molecule has 2 aromatic rings. The van der Waals surface area contributed by atoms with Crippen molar-refractivity contribution in [3.8, 4) is 0 Å². The Morgan fingerprint density at radius 2 is 2.05 bits per heavy atom. The molecule has 20 heavy (non-hydrogen) atoms. The second-order valence-corrected chi connectivity index (χ2v) is 4.71. The highest BCUT2D eigenvalue weighted by molar-refractivity contribution is 5.91. The maximum absolute atomic E-state index is 13.3. The maximum Gasteiger partial charge on any atom is 0.341 e. The fourth-order valence-corrected chi connectivity index (χ4v) is 2.45. The minimum absolute atomic E-state index is 0.0169. The average molecular weight is 277 g/mol. The van der Waals surface area contributed by atoms with Crippen molar-refractivity contribution in [2.24, 2.45) is 0 Å². The average Bonchev–Trinajstić information content (AvgIpc) is 2.93. The van der Waals surface area contributed by atoms with Gasteiger partial charge in [-0.3, -0.25) is 4.79 Å². The summed E-state index contributed by atoms with van der Waals surface area (Å²) in [5.74, 6) is -1.99. The van der Waals surface area contributed by atoms with Crippen LogP contribution in [-0.2, 0) is 0 Å². The number of hydrogen-bond donors (Lipinski definition) is 1. The molecule has 0 unspecified atom stereocenters. The van der Waals surface area contributed by atoms with Gasteiger partial charge >= 0.3 is 5.97 Å². The molecule has 0 amide bonds. The molecular weight excluding hydrogens is 265 g/mol. The first-order chi connectivity index (χ1) is 9.58. The Hall–Kier alpha value is -2.44. The number of pyridine rings is 2. The van der Waals surface area contributed by atoms with Gasteiger partial charge < -0.3 is 10.1 Å². The van der Waals surface area contributed by atoms with E-state index in [0.717, 1.165) is 38.2 Å². The van der Waals surface area contributed by atoms with Crippen LogP contribution in [0.1, 0.15) is 23.2 Å². The van der Waals surface area contributed by atoms with Gasteiger partial charge in [-0.2, -0.15) is 0 Å². The number of fused-ring (bicyclic) bond motifs is 1. The van der Waals surface area contributed by atoms with Gasteiger partial charge in [-0.15, -0.1) is 0 Å². The lowest BCUT2D eigenvalue weighted by molar-refractivity contribution is 0.0695. The molecule has 7 heteroatoms. The molecule has 1 saturated heterocycles. The van der Waals surface area contributed by atoms with Gasteiger partial charge in [-0.1, -0.05) is 0 Å². The van der Waals surface area contributed by atoms with Crippen LogP contribution in [0.4, 0.5) is 4.39 Å². The van der Waals surface area contributed by atoms with Gasteiger partial charge in [-0.05, 0) is 18.9 Å². The summed E-state index contributed by atoms with van der Waals surface area (Å²) in [7, 11) is 0. The molecule has 2 aromatic heterocycles. The summed E-state index contributed by atoms with van der Waals surface area (Å²) in [6.45, 7) is 1.49. The van der Waals surface area contributed by atoms with Crippen LogP contribution < -0.4 is 10.4 Å². The second kappa shape index (κ2) is 4.59.